The van der Waals surface area contributed by atoms with Gasteiger partial charge in [0, 0.05) is 34.1 Å². The molecule has 0 amide bonds. The highest BCUT2D eigenvalue weighted by molar-refractivity contribution is 5.87. The zero-order chi connectivity index (χ0) is 36.6. The lowest BCUT2D eigenvalue weighted by Crippen LogP contribution is -2.28. The second-order valence-corrected chi connectivity index (χ2v) is 14.5. The van der Waals surface area contributed by atoms with Gasteiger partial charge in [0.25, 0.3) is 0 Å². The summed E-state index contributed by atoms with van der Waals surface area (Å²) in [6.45, 7) is 6.47. The van der Waals surface area contributed by atoms with E-state index in [1.807, 2.05) is 0 Å². The third kappa shape index (κ3) is 5.68. The molecular formula is C52H42N2. The van der Waals surface area contributed by atoms with Crippen molar-refractivity contribution < 1.29 is 0 Å². The number of hydrogen-bond acceptors (Lipinski definition) is 2. The van der Waals surface area contributed by atoms with Gasteiger partial charge in [0.05, 0.1) is 5.41 Å². The van der Waals surface area contributed by atoms with Crippen LogP contribution in [0.15, 0.2) is 200 Å². The Hall–Kier alpha value is -6.64. The highest BCUT2D eigenvalue weighted by atomic mass is 15.1. The molecule has 0 heterocycles. The summed E-state index contributed by atoms with van der Waals surface area (Å²) in [7, 11) is 0. The van der Waals surface area contributed by atoms with Crippen molar-refractivity contribution in [3.05, 3.63) is 239 Å². The van der Waals surface area contributed by atoms with E-state index in [0.717, 1.165) is 34.1 Å². The van der Waals surface area contributed by atoms with Gasteiger partial charge in [-0.25, -0.2) is 0 Å². The Morgan fingerprint density at radius 3 is 1.04 bits per heavy atom. The van der Waals surface area contributed by atoms with Crippen LogP contribution in [0.3, 0.4) is 0 Å². The lowest BCUT2D eigenvalue weighted by Gasteiger charge is -2.35. The number of rotatable bonds is 8. The van der Waals surface area contributed by atoms with Crippen molar-refractivity contribution in [2.45, 2.75) is 26.2 Å². The minimum absolute atomic E-state index is 0.511. The fraction of sp³-hybridized carbons (Fsp3) is 0.0769. The maximum Gasteiger partial charge on any atom is 0.0713 e. The summed E-state index contributed by atoms with van der Waals surface area (Å²) in [5, 5.41) is 0. The summed E-state index contributed by atoms with van der Waals surface area (Å²) in [5.41, 5.74) is 17.6. The number of benzene rings is 8. The van der Waals surface area contributed by atoms with Gasteiger partial charge in [0.15, 0.2) is 0 Å². The third-order valence-electron chi connectivity index (χ3n) is 10.9. The SMILES string of the molecule is Cc1cccc(N(c2ccccc2)c2ccc(C3(c4ccc(N(c5cccc(C)c5)c5cccc(C)c5)cc4)c4ccccc4-c4ccccc43)cc2)c1. The predicted octanol–water partition coefficient (Wildman–Crippen LogP) is 13.9. The maximum atomic E-state index is 2.37. The van der Waals surface area contributed by atoms with Crippen LogP contribution in [-0.2, 0) is 5.41 Å². The van der Waals surface area contributed by atoms with E-state index in [2.05, 4.69) is 231 Å². The minimum atomic E-state index is -0.511. The van der Waals surface area contributed by atoms with Crippen LogP contribution in [0.4, 0.5) is 34.1 Å². The summed E-state index contributed by atoms with van der Waals surface area (Å²) in [5.74, 6) is 0. The zero-order valence-electron chi connectivity index (χ0n) is 30.9. The molecule has 1 aliphatic carbocycles. The standard InChI is InChI=1S/C52H42N2/c1-37-14-11-19-45(34-37)53(42-17-5-4-6-18-42)43-30-26-40(27-31-43)52(50-24-9-7-22-48(50)49-23-8-10-25-51(49)52)41-28-32-44(33-29-41)54(46-20-12-15-38(2)35-46)47-21-13-16-39(3)36-47/h4-36H,1-3H3. The molecule has 0 saturated heterocycles. The van der Waals surface area contributed by atoms with E-state index in [9.17, 15) is 0 Å². The van der Waals surface area contributed by atoms with Gasteiger partial charge in [0.2, 0.25) is 0 Å². The molecule has 54 heavy (non-hydrogen) atoms. The third-order valence-corrected chi connectivity index (χ3v) is 10.9. The van der Waals surface area contributed by atoms with Crippen molar-refractivity contribution in [3.8, 4) is 11.1 Å². The molecule has 9 rings (SSSR count). The molecule has 0 atom stereocenters. The minimum Gasteiger partial charge on any atom is -0.310 e. The van der Waals surface area contributed by atoms with E-state index >= 15 is 0 Å². The van der Waals surface area contributed by atoms with E-state index in [1.54, 1.807) is 0 Å². The second-order valence-electron chi connectivity index (χ2n) is 14.5. The fourth-order valence-electron chi connectivity index (χ4n) is 8.52. The topological polar surface area (TPSA) is 6.48 Å². The van der Waals surface area contributed by atoms with E-state index in [-0.39, 0.29) is 0 Å². The zero-order valence-corrected chi connectivity index (χ0v) is 30.9. The van der Waals surface area contributed by atoms with E-state index in [0.29, 0.717) is 0 Å². The van der Waals surface area contributed by atoms with Crippen LogP contribution in [0.25, 0.3) is 11.1 Å². The van der Waals surface area contributed by atoms with Crippen molar-refractivity contribution in [2.24, 2.45) is 0 Å². The predicted molar refractivity (Wildman–Crippen MR) is 227 cm³/mol. The lowest BCUT2D eigenvalue weighted by atomic mass is 9.67. The van der Waals surface area contributed by atoms with Crippen molar-refractivity contribution in [1.82, 2.24) is 0 Å². The molecule has 0 fully saturated rings. The van der Waals surface area contributed by atoms with Crippen LogP contribution < -0.4 is 9.80 Å². The molecule has 8 aromatic carbocycles. The van der Waals surface area contributed by atoms with Crippen LogP contribution in [0, 0.1) is 20.8 Å². The number of nitrogens with zero attached hydrogens (tertiary/aromatic N) is 2. The molecule has 260 valence electrons. The summed E-state index contributed by atoms with van der Waals surface area (Å²) >= 11 is 0. The van der Waals surface area contributed by atoms with E-state index < -0.39 is 5.41 Å². The van der Waals surface area contributed by atoms with Gasteiger partial charge in [-0.15, -0.1) is 0 Å². The van der Waals surface area contributed by atoms with Crippen molar-refractivity contribution >= 4 is 34.1 Å². The largest absolute Gasteiger partial charge is 0.310 e. The highest BCUT2D eigenvalue weighted by Crippen LogP contribution is 2.56. The number of para-hydroxylation sites is 1. The highest BCUT2D eigenvalue weighted by Gasteiger charge is 2.46. The Balaban J connectivity index is 1.22. The molecule has 0 spiro atoms. The Morgan fingerprint density at radius 2 is 0.630 bits per heavy atom. The van der Waals surface area contributed by atoms with Crippen LogP contribution in [-0.4, -0.2) is 0 Å². The molecule has 1 aliphatic rings. The molecule has 0 bridgehead atoms. The van der Waals surface area contributed by atoms with Gasteiger partial charge in [-0.3, -0.25) is 0 Å². The lowest BCUT2D eigenvalue weighted by molar-refractivity contribution is 0.768. The Bertz CT molecular complexity index is 2490. The molecule has 2 heteroatoms. The fourth-order valence-corrected chi connectivity index (χ4v) is 8.52. The molecular weight excluding hydrogens is 653 g/mol. The van der Waals surface area contributed by atoms with Crippen molar-refractivity contribution in [1.29, 1.82) is 0 Å². The average molecular weight is 695 g/mol. The van der Waals surface area contributed by atoms with E-state index in [1.165, 1.54) is 50.1 Å². The van der Waals surface area contributed by atoms with Gasteiger partial charge >= 0.3 is 0 Å². The second kappa shape index (κ2) is 13.7. The summed E-state index contributed by atoms with van der Waals surface area (Å²) in [4.78, 5) is 4.71. The summed E-state index contributed by atoms with van der Waals surface area (Å²) < 4.78 is 0. The number of fused-ring (bicyclic) bond motifs is 3. The number of hydrogen-bond donors (Lipinski definition) is 0. The van der Waals surface area contributed by atoms with Crippen LogP contribution >= 0.6 is 0 Å². The average Bonchev–Trinajstić information content (AvgIpc) is 3.50. The molecule has 0 saturated carbocycles. The Morgan fingerprint density at radius 1 is 0.296 bits per heavy atom. The molecule has 8 aromatic rings. The van der Waals surface area contributed by atoms with Gasteiger partial charge in [0.1, 0.15) is 0 Å². The van der Waals surface area contributed by atoms with Gasteiger partial charge in [-0.05, 0) is 144 Å². The van der Waals surface area contributed by atoms with Gasteiger partial charge in [-0.1, -0.05) is 127 Å². The summed E-state index contributed by atoms with van der Waals surface area (Å²) in [6, 6.07) is 73.4. The Kier molecular flexibility index (Phi) is 8.44. The maximum absolute atomic E-state index is 2.37. The monoisotopic (exact) mass is 694 g/mol. The van der Waals surface area contributed by atoms with Gasteiger partial charge < -0.3 is 9.80 Å². The first-order chi connectivity index (χ1) is 26.5. The van der Waals surface area contributed by atoms with Crippen LogP contribution in [0.5, 0.6) is 0 Å². The smallest absolute Gasteiger partial charge is 0.0713 e. The molecule has 0 unspecified atom stereocenters. The van der Waals surface area contributed by atoms with Crippen molar-refractivity contribution in [3.63, 3.8) is 0 Å². The molecule has 2 nitrogen and oxygen atoms in total. The van der Waals surface area contributed by atoms with Gasteiger partial charge in [-0.2, -0.15) is 0 Å². The summed E-state index contributed by atoms with van der Waals surface area (Å²) in [6.07, 6.45) is 0. The number of aryl methyl sites for hydroxylation is 3. The quantitative estimate of drug-likeness (QED) is 0.156. The van der Waals surface area contributed by atoms with Crippen molar-refractivity contribution in [2.75, 3.05) is 9.80 Å². The molecule has 0 aromatic heterocycles. The molecule has 0 aliphatic heterocycles. The number of anilines is 6. The first kappa shape index (κ1) is 33.2. The molecule has 0 N–H and O–H groups in total. The normalized spacial score (nSPS) is 12.5. The van der Waals surface area contributed by atoms with E-state index in [4.69, 9.17) is 0 Å². The van der Waals surface area contributed by atoms with Crippen LogP contribution in [0.1, 0.15) is 38.9 Å². The first-order valence-corrected chi connectivity index (χ1v) is 18.8. The Labute approximate surface area is 319 Å². The first-order valence-electron chi connectivity index (χ1n) is 18.8. The van der Waals surface area contributed by atoms with Crippen LogP contribution in [0.2, 0.25) is 0 Å². The molecule has 0 radical (unpaired) electrons.